The molecule has 0 N–H and O–H groups in total. The van der Waals surface area contributed by atoms with Crippen molar-refractivity contribution in [1.82, 2.24) is 19.2 Å². The standard InChI is InChI=1S/C20H24N4O3/c1-4-24-14-15(12-21-24)13-23(9-10-27-3)20(26)17-11-16-7-5-6-8-18(16)22(2)19(17)25/h5-8,11-12,14H,4,9-10,13H2,1-3H3. The topological polar surface area (TPSA) is 69.4 Å². The molecule has 0 spiro atoms. The van der Waals surface area contributed by atoms with Gasteiger partial charge in [0.1, 0.15) is 5.56 Å². The lowest BCUT2D eigenvalue weighted by Crippen LogP contribution is -2.37. The summed E-state index contributed by atoms with van der Waals surface area (Å²) in [5.74, 6) is -0.303. The molecule has 1 aromatic carbocycles. The number of fused-ring (bicyclic) bond motifs is 1. The molecule has 0 aliphatic rings. The molecule has 0 saturated heterocycles. The summed E-state index contributed by atoms with van der Waals surface area (Å²) in [5, 5.41) is 5.11. The van der Waals surface area contributed by atoms with E-state index in [1.165, 1.54) is 4.57 Å². The molecule has 0 bridgehead atoms. The van der Waals surface area contributed by atoms with Crippen LogP contribution in [0.2, 0.25) is 0 Å². The number of rotatable bonds is 7. The van der Waals surface area contributed by atoms with Crippen LogP contribution >= 0.6 is 0 Å². The smallest absolute Gasteiger partial charge is 0.263 e. The predicted octanol–water partition coefficient (Wildman–Crippen LogP) is 2.04. The first kappa shape index (κ1) is 18.8. The van der Waals surface area contributed by atoms with Gasteiger partial charge in [-0.25, -0.2) is 0 Å². The number of amides is 1. The van der Waals surface area contributed by atoms with E-state index in [4.69, 9.17) is 4.74 Å². The van der Waals surface area contributed by atoms with Crippen LogP contribution in [0.1, 0.15) is 22.8 Å². The van der Waals surface area contributed by atoms with Crippen LogP contribution in [0.5, 0.6) is 0 Å². The fourth-order valence-electron chi connectivity index (χ4n) is 3.08. The normalized spacial score (nSPS) is 11.1. The summed E-state index contributed by atoms with van der Waals surface area (Å²) in [7, 11) is 3.28. The predicted molar refractivity (Wildman–Crippen MR) is 104 cm³/mol. The van der Waals surface area contributed by atoms with Crippen molar-refractivity contribution in [1.29, 1.82) is 0 Å². The Morgan fingerprint density at radius 1 is 1.30 bits per heavy atom. The molecule has 0 saturated carbocycles. The Labute approximate surface area is 157 Å². The first-order valence-corrected chi connectivity index (χ1v) is 8.93. The molecule has 0 aliphatic carbocycles. The van der Waals surface area contributed by atoms with E-state index >= 15 is 0 Å². The van der Waals surface area contributed by atoms with Crippen molar-refractivity contribution in [2.75, 3.05) is 20.3 Å². The molecule has 0 unspecified atom stereocenters. The van der Waals surface area contributed by atoms with Gasteiger partial charge in [0.05, 0.1) is 18.3 Å². The number of ether oxygens (including phenoxy) is 1. The molecular weight excluding hydrogens is 344 g/mol. The number of methoxy groups -OCH3 is 1. The van der Waals surface area contributed by atoms with Crippen LogP contribution in [-0.2, 0) is 24.9 Å². The van der Waals surface area contributed by atoms with E-state index in [-0.39, 0.29) is 17.0 Å². The third kappa shape index (κ3) is 3.93. The second kappa shape index (κ2) is 8.18. The number of carbonyl (C=O) groups excluding carboxylic acids is 1. The third-order valence-corrected chi connectivity index (χ3v) is 4.60. The van der Waals surface area contributed by atoms with Crippen molar-refractivity contribution in [2.24, 2.45) is 7.05 Å². The number of aryl methyl sites for hydroxylation is 2. The molecule has 2 aromatic heterocycles. The zero-order chi connectivity index (χ0) is 19.4. The van der Waals surface area contributed by atoms with Gasteiger partial charge in [0.25, 0.3) is 11.5 Å². The SMILES string of the molecule is CCn1cc(CN(CCOC)C(=O)c2cc3ccccc3n(C)c2=O)cn1. The quantitative estimate of drug-likeness (QED) is 0.640. The fourth-order valence-corrected chi connectivity index (χ4v) is 3.08. The molecule has 0 atom stereocenters. The zero-order valence-corrected chi connectivity index (χ0v) is 15.9. The second-order valence-electron chi connectivity index (χ2n) is 6.40. The highest BCUT2D eigenvalue weighted by Gasteiger charge is 2.21. The Hall–Kier alpha value is -2.93. The average molecular weight is 368 g/mol. The Morgan fingerprint density at radius 2 is 2.07 bits per heavy atom. The molecule has 3 aromatic rings. The van der Waals surface area contributed by atoms with Gasteiger partial charge < -0.3 is 14.2 Å². The maximum absolute atomic E-state index is 13.2. The summed E-state index contributed by atoms with van der Waals surface area (Å²) in [5.41, 5.74) is 1.58. The van der Waals surface area contributed by atoms with Crippen LogP contribution < -0.4 is 5.56 Å². The van der Waals surface area contributed by atoms with E-state index in [1.54, 1.807) is 31.3 Å². The highest BCUT2D eigenvalue weighted by molar-refractivity contribution is 5.97. The summed E-state index contributed by atoms with van der Waals surface area (Å²) >= 11 is 0. The van der Waals surface area contributed by atoms with E-state index in [9.17, 15) is 9.59 Å². The van der Waals surface area contributed by atoms with Gasteiger partial charge in [-0.1, -0.05) is 18.2 Å². The van der Waals surface area contributed by atoms with Gasteiger partial charge in [0, 0.05) is 45.6 Å². The first-order valence-electron chi connectivity index (χ1n) is 8.93. The van der Waals surface area contributed by atoms with E-state index in [0.29, 0.717) is 19.7 Å². The van der Waals surface area contributed by atoms with Crippen molar-refractivity contribution >= 4 is 16.8 Å². The van der Waals surface area contributed by atoms with Gasteiger partial charge in [-0.3, -0.25) is 14.3 Å². The number of carbonyl (C=O) groups is 1. The molecular formula is C20H24N4O3. The number of benzene rings is 1. The monoisotopic (exact) mass is 368 g/mol. The number of pyridine rings is 1. The number of hydrogen-bond donors (Lipinski definition) is 0. The van der Waals surface area contributed by atoms with Crippen molar-refractivity contribution < 1.29 is 9.53 Å². The number of aromatic nitrogens is 3. The second-order valence-corrected chi connectivity index (χ2v) is 6.40. The molecule has 7 heteroatoms. The van der Waals surface area contributed by atoms with E-state index in [0.717, 1.165) is 23.0 Å². The molecule has 142 valence electrons. The zero-order valence-electron chi connectivity index (χ0n) is 15.9. The minimum Gasteiger partial charge on any atom is -0.383 e. The largest absolute Gasteiger partial charge is 0.383 e. The minimum atomic E-state index is -0.303. The minimum absolute atomic E-state index is 0.162. The number of para-hydroxylation sites is 1. The average Bonchev–Trinajstić information content (AvgIpc) is 3.15. The van der Waals surface area contributed by atoms with Gasteiger partial charge in [0.2, 0.25) is 0 Å². The lowest BCUT2D eigenvalue weighted by Gasteiger charge is -2.22. The maximum atomic E-state index is 13.2. The van der Waals surface area contributed by atoms with Crippen LogP contribution in [0, 0.1) is 0 Å². The van der Waals surface area contributed by atoms with Gasteiger partial charge in [-0.15, -0.1) is 0 Å². The summed E-state index contributed by atoms with van der Waals surface area (Å²) in [4.78, 5) is 27.6. The Morgan fingerprint density at radius 3 is 2.78 bits per heavy atom. The van der Waals surface area contributed by atoms with Crippen molar-refractivity contribution in [3.05, 3.63) is 64.2 Å². The van der Waals surface area contributed by atoms with Crippen molar-refractivity contribution in [3.63, 3.8) is 0 Å². The van der Waals surface area contributed by atoms with E-state index < -0.39 is 0 Å². The summed E-state index contributed by atoms with van der Waals surface area (Å²) in [6.07, 6.45) is 3.65. The molecule has 27 heavy (non-hydrogen) atoms. The Balaban J connectivity index is 1.96. The summed E-state index contributed by atoms with van der Waals surface area (Å²) in [6, 6.07) is 9.21. The van der Waals surface area contributed by atoms with Crippen molar-refractivity contribution in [3.8, 4) is 0 Å². The van der Waals surface area contributed by atoms with Crippen LogP contribution in [-0.4, -0.2) is 45.4 Å². The highest BCUT2D eigenvalue weighted by atomic mass is 16.5. The van der Waals surface area contributed by atoms with Crippen LogP contribution in [0.4, 0.5) is 0 Å². The van der Waals surface area contributed by atoms with E-state index in [1.807, 2.05) is 42.1 Å². The lowest BCUT2D eigenvalue weighted by atomic mass is 10.1. The molecule has 0 radical (unpaired) electrons. The van der Waals surface area contributed by atoms with Gasteiger partial charge in [-0.2, -0.15) is 5.10 Å². The van der Waals surface area contributed by atoms with Crippen LogP contribution in [0.25, 0.3) is 10.9 Å². The molecule has 3 rings (SSSR count). The van der Waals surface area contributed by atoms with Crippen molar-refractivity contribution in [2.45, 2.75) is 20.0 Å². The molecule has 7 nitrogen and oxygen atoms in total. The molecule has 0 fully saturated rings. The highest BCUT2D eigenvalue weighted by Crippen LogP contribution is 2.15. The molecule has 1 amide bonds. The number of nitrogens with zero attached hydrogens (tertiary/aromatic N) is 4. The Kier molecular flexibility index (Phi) is 5.71. The van der Waals surface area contributed by atoms with Gasteiger partial charge in [-0.05, 0) is 24.4 Å². The molecule has 2 heterocycles. The van der Waals surface area contributed by atoms with Gasteiger partial charge >= 0.3 is 0 Å². The summed E-state index contributed by atoms with van der Waals surface area (Å²) < 4.78 is 8.48. The van der Waals surface area contributed by atoms with E-state index in [2.05, 4.69) is 5.10 Å². The maximum Gasteiger partial charge on any atom is 0.263 e. The van der Waals surface area contributed by atoms with Gasteiger partial charge in [0.15, 0.2) is 0 Å². The Bertz CT molecular complexity index is 1010. The fraction of sp³-hybridized carbons (Fsp3) is 0.350. The third-order valence-electron chi connectivity index (χ3n) is 4.60. The first-order chi connectivity index (χ1) is 13.0. The molecule has 0 aliphatic heterocycles. The lowest BCUT2D eigenvalue weighted by molar-refractivity contribution is 0.0678. The number of hydrogen-bond acceptors (Lipinski definition) is 4. The van der Waals surface area contributed by atoms with Crippen LogP contribution in [0.3, 0.4) is 0 Å². The summed E-state index contributed by atoms with van der Waals surface area (Å²) in [6.45, 7) is 3.92. The van der Waals surface area contributed by atoms with Crippen LogP contribution in [0.15, 0.2) is 47.5 Å².